The Bertz CT molecular complexity index is 135. The van der Waals surface area contributed by atoms with Gasteiger partial charge in [-0.05, 0) is 19.8 Å². The van der Waals surface area contributed by atoms with Crippen LogP contribution in [0.15, 0.2) is 0 Å². The van der Waals surface area contributed by atoms with Gasteiger partial charge in [-0.2, -0.15) is 0 Å². The predicted molar refractivity (Wildman–Crippen MR) is 108 cm³/mol. The quantitative estimate of drug-likeness (QED) is 0.460. The van der Waals surface area contributed by atoms with E-state index in [9.17, 15) is 4.79 Å². The van der Waals surface area contributed by atoms with Crippen molar-refractivity contribution in [3.63, 3.8) is 0 Å². The normalized spacial score (nSPS) is 9.23. The minimum absolute atomic E-state index is 0.167. The molecule has 0 aromatic carbocycles. The van der Waals surface area contributed by atoms with Crippen molar-refractivity contribution in [2.24, 2.45) is 5.92 Å². The van der Waals surface area contributed by atoms with Gasteiger partial charge in [0.05, 0.1) is 0 Å². The van der Waals surface area contributed by atoms with Crippen LogP contribution in [0, 0.1) is 5.92 Å². The Hall–Kier alpha value is -0.330. The molecule has 0 bridgehead atoms. The lowest BCUT2D eigenvalue weighted by atomic mass is 10.00. The van der Waals surface area contributed by atoms with E-state index in [0.717, 1.165) is 5.92 Å². The molecule has 0 heterocycles. The molecule has 1 heteroatoms. The highest BCUT2D eigenvalue weighted by atomic mass is 16.1. The van der Waals surface area contributed by atoms with Crippen LogP contribution in [0.1, 0.15) is 128 Å². The summed E-state index contributed by atoms with van der Waals surface area (Å²) in [7, 11) is 0. The van der Waals surface area contributed by atoms with Gasteiger partial charge in [0, 0.05) is 0 Å². The molecular formula is C21H50O. The van der Waals surface area contributed by atoms with Crippen molar-refractivity contribution < 1.29 is 4.79 Å². The summed E-state index contributed by atoms with van der Waals surface area (Å²) in [6.07, 6.45) is 11.1. The van der Waals surface area contributed by atoms with Crippen LogP contribution in [-0.4, -0.2) is 5.78 Å². The summed E-state index contributed by atoms with van der Waals surface area (Å²) < 4.78 is 0. The molecule has 1 unspecified atom stereocenters. The number of ketones is 1. The Balaban J connectivity index is -0.0000000633. The third kappa shape index (κ3) is 91.2. The molecule has 22 heavy (non-hydrogen) atoms. The van der Waals surface area contributed by atoms with Gasteiger partial charge in [0.15, 0.2) is 0 Å². The van der Waals surface area contributed by atoms with Crippen LogP contribution >= 0.6 is 0 Å². The maximum Gasteiger partial charge on any atom is 0.126 e. The monoisotopic (exact) mass is 318 g/mol. The van der Waals surface area contributed by atoms with E-state index in [0.29, 0.717) is 0 Å². The van der Waals surface area contributed by atoms with Crippen molar-refractivity contribution in [3.8, 4) is 0 Å². The largest absolute Gasteiger partial charge is 0.300 e. The smallest absolute Gasteiger partial charge is 0.126 e. The first-order valence-corrected chi connectivity index (χ1v) is 9.93. The molecule has 0 rings (SSSR count). The lowest BCUT2D eigenvalue weighted by Crippen LogP contribution is -1.92. The van der Waals surface area contributed by atoms with E-state index in [-0.39, 0.29) is 5.78 Å². The Morgan fingerprint density at radius 3 is 1.18 bits per heavy atom. The number of Topliss-reactive ketones (excluding diaryl/α,β-unsaturated/α-hetero) is 1. The number of hydrogen-bond acceptors (Lipinski definition) is 1. The maximum atomic E-state index is 9.44. The molecule has 0 spiro atoms. The van der Waals surface area contributed by atoms with Crippen molar-refractivity contribution in [2.45, 2.75) is 128 Å². The van der Waals surface area contributed by atoms with E-state index in [1.54, 1.807) is 0 Å². The lowest BCUT2D eigenvalue weighted by Gasteiger charge is -2.07. The molecule has 0 N–H and O–H groups in total. The molecule has 1 nitrogen and oxygen atoms in total. The summed E-state index contributed by atoms with van der Waals surface area (Å²) >= 11 is 0. The SMILES string of the molecule is CC.CC.CC(C)=O.CCCCC.CCCCC(C)CCC. The molecular weight excluding hydrogens is 268 g/mol. The summed E-state index contributed by atoms with van der Waals surface area (Å²) in [6, 6.07) is 0. The van der Waals surface area contributed by atoms with Crippen LogP contribution in [0.3, 0.4) is 0 Å². The van der Waals surface area contributed by atoms with Gasteiger partial charge in [0.2, 0.25) is 0 Å². The molecule has 0 saturated carbocycles. The van der Waals surface area contributed by atoms with Crippen LogP contribution in [0.25, 0.3) is 0 Å². The van der Waals surface area contributed by atoms with Gasteiger partial charge in [0.1, 0.15) is 5.78 Å². The Kier molecular flexibility index (Phi) is 64.8. The fourth-order valence-corrected chi connectivity index (χ4v) is 1.54. The van der Waals surface area contributed by atoms with E-state index in [4.69, 9.17) is 0 Å². The highest BCUT2D eigenvalue weighted by Crippen LogP contribution is 2.12. The second kappa shape index (κ2) is 42.8. The number of hydrogen-bond donors (Lipinski definition) is 0. The predicted octanol–water partition coefficient (Wildman–Crippen LogP) is 8.46. The highest BCUT2D eigenvalue weighted by Gasteiger charge is 1.97. The van der Waals surface area contributed by atoms with Crippen molar-refractivity contribution in [1.29, 1.82) is 0 Å². The molecule has 0 radical (unpaired) electrons. The van der Waals surface area contributed by atoms with Crippen molar-refractivity contribution >= 4 is 5.78 Å². The van der Waals surface area contributed by atoms with Crippen LogP contribution in [0.2, 0.25) is 0 Å². The van der Waals surface area contributed by atoms with Crippen LogP contribution < -0.4 is 0 Å². The van der Waals surface area contributed by atoms with Gasteiger partial charge >= 0.3 is 0 Å². The van der Waals surface area contributed by atoms with Crippen molar-refractivity contribution in [2.75, 3.05) is 0 Å². The zero-order valence-electron chi connectivity index (χ0n) is 18.1. The average molecular weight is 319 g/mol. The first-order valence-electron chi connectivity index (χ1n) is 9.93. The topological polar surface area (TPSA) is 17.1 Å². The number of carbonyl (C=O) groups is 1. The van der Waals surface area contributed by atoms with Gasteiger partial charge in [-0.15, -0.1) is 0 Å². The zero-order valence-corrected chi connectivity index (χ0v) is 18.1. The minimum atomic E-state index is 0.167. The molecule has 0 aliphatic carbocycles. The first kappa shape index (κ1) is 33.3. The minimum Gasteiger partial charge on any atom is -0.300 e. The van der Waals surface area contributed by atoms with E-state index in [1.807, 2.05) is 27.7 Å². The highest BCUT2D eigenvalue weighted by molar-refractivity contribution is 5.72. The van der Waals surface area contributed by atoms with Gasteiger partial charge in [0.25, 0.3) is 0 Å². The Morgan fingerprint density at radius 1 is 0.682 bits per heavy atom. The van der Waals surface area contributed by atoms with Gasteiger partial charge in [-0.3, -0.25) is 0 Å². The van der Waals surface area contributed by atoms with Crippen molar-refractivity contribution in [1.82, 2.24) is 0 Å². The molecule has 1 atom stereocenters. The first-order chi connectivity index (χ1) is 10.5. The van der Waals surface area contributed by atoms with Crippen LogP contribution in [0.5, 0.6) is 0 Å². The zero-order chi connectivity index (χ0) is 18.8. The van der Waals surface area contributed by atoms with E-state index in [1.165, 1.54) is 65.2 Å². The van der Waals surface area contributed by atoms with E-state index in [2.05, 4.69) is 34.6 Å². The summed E-state index contributed by atoms with van der Waals surface area (Å²) in [4.78, 5) is 9.44. The third-order valence-electron chi connectivity index (χ3n) is 2.54. The van der Waals surface area contributed by atoms with Crippen LogP contribution in [-0.2, 0) is 4.79 Å². The molecule has 0 aromatic rings. The second-order valence-electron chi connectivity index (χ2n) is 5.30. The summed E-state index contributed by atoms with van der Waals surface area (Å²) in [5, 5.41) is 0. The maximum absolute atomic E-state index is 9.44. The molecule has 140 valence electrons. The fourth-order valence-electron chi connectivity index (χ4n) is 1.54. The molecule has 0 aromatic heterocycles. The molecule has 0 fully saturated rings. The van der Waals surface area contributed by atoms with Crippen molar-refractivity contribution in [3.05, 3.63) is 0 Å². The molecule has 0 aliphatic heterocycles. The second-order valence-corrected chi connectivity index (χ2v) is 5.30. The van der Waals surface area contributed by atoms with Crippen LogP contribution in [0.4, 0.5) is 0 Å². The fraction of sp³-hybridized carbons (Fsp3) is 0.952. The number of carbonyl (C=O) groups excluding carboxylic acids is 1. The standard InChI is InChI=1S/C9H20.C5H12.C3H6O.2C2H6/c1-4-6-8-9(3)7-5-2;1-3-5-4-2;1-3(2)4;2*1-2/h9H,4-8H2,1-3H3;3-5H2,1-2H3;1-2H3;2*1-2H3. The molecule has 0 amide bonds. The van der Waals surface area contributed by atoms with Gasteiger partial charge in [-0.1, -0.05) is 114 Å². The van der Waals surface area contributed by atoms with E-state index >= 15 is 0 Å². The Morgan fingerprint density at radius 2 is 1.00 bits per heavy atom. The summed E-state index contributed by atoms with van der Waals surface area (Å²) in [5.74, 6) is 1.13. The summed E-state index contributed by atoms with van der Waals surface area (Å²) in [6.45, 7) is 22.4. The average Bonchev–Trinajstić information content (AvgIpc) is 2.50. The van der Waals surface area contributed by atoms with Gasteiger partial charge in [-0.25, -0.2) is 0 Å². The Labute approximate surface area is 144 Å². The number of unbranched alkanes of at least 4 members (excludes halogenated alkanes) is 3. The van der Waals surface area contributed by atoms with E-state index < -0.39 is 0 Å². The van der Waals surface area contributed by atoms with Gasteiger partial charge < -0.3 is 4.79 Å². The lowest BCUT2D eigenvalue weighted by molar-refractivity contribution is -0.114. The molecule has 0 saturated heterocycles. The third-order valence-corrected chi connectivity index (χ3v) is 2.54. The number of rotatable bonds is 7. The summed E-state index contributed by atoms with van der Waals surface area (Å²) in [5.41, 5.74) is 0. The molecule has 0 aliphatic rings.